The number of carboxylic acid groups (broad SMARTS) is 1. The van der Waals surface area contributed by atoms with Gasteiger partial charge in [0.05, 0.1) is 0 Å². The molecule has 0 fully saturated rings. The van der Waals surface area contributed by atoms with Crippen LogP contribution in [0.4, 0.5) is 10.1 Å². The van der Waals surface area contributed by atoms with Gasteiger partial charge in [0.15, 0.2) is 5.78 Å². The first-order valence-corrected chi connectivity index (χ1v) is 15.6. The number of nitrogens with one attached hydrogen (secondary N) is 1. The second-order valence-corrected chi connectivity index (χ2v) is 11.4. The van der Waals surface area contributed by atoms with Crippen LogP contribution in [0.15, 0.2) is 97.1 Å². The number of halogens is 1. The van der Waals surface area contributed by atoms with Crippen molar-refractivity contribution in [3.05, 3.63) is 125 Å². The number of carboxylic acids is 1. The number of para-hydroxylation sites is 1. The molecule has 0 aliphatic carbocycles. The molecule has 6 nitrogen and oxygen atoms in total. The van der Waals surface area contributed by atoms with E-state index >= 15 is 0 Å². The van der Waals surface area contributed by atoms with Crippen LogP contribution >= 0.6 is 0 Å². The van der Waals surface area contributed by atoms with E-state index in [-0.39, 0.29) is 30.5 Å². The fourth-order valence-corrected chi connectivity index (χ4v) is 5.30. The first kappa shape index (κ1) is 33.1. The highest BCUT2D eigenvalue weighted by Crippen LogP contribution is 2.25. The van der Waals surface area contributed by atoms with E-state index in [1.807, 2.05) is 30.3 Å². The molecule has 0 unspecified atom stereocenters. The van der Waals surface area contributed by atoms with Crippen molar-refractivity contribution in [3.8, 4) is 11.1 Å². The Morgan fingerprint density at radius 1 is 0.822 bits per heavy atom. The number of carbonyl (C=O) groups is 3. The SMILES string of the molecule is CCCCCCCC(=O)N(C)Cc1cc(-c2ccc(C[C@H](Nc3ccccc3C(=O)c3ccccc3)C(=O)O)cc2)ccc1F. The summed E-state index contributed by atoms with van der Waals surface area (Å²) in [6.07, 6.45) is 5.96. The van der Waals surface area contributed by atoms with E-state index in [0.29, 0.717) is 28.8 Å². The number of carbonyl (C=O) groups excluding carboxylic acids is 2. The van der Waals surface area contributed by atoms with Crippen molar-refractivity contribution in [1.82, 2.24) is 4.90 Å². The molecule has 0 aromatic heterocycles. The average molecular weight is 609 g/mol. The maximum atomic E-state index is 14.7. The Morgan fingerprint density at radius 3 is 2.20 bits per heavy atom. The number of hydrogen-bond acceptors (Lipinski definition) is 4. The van der Waals surface area contributed by atoms with E-state index in [2.05, 4.69) is 12.2 Å². The molecule has 0 spiro atoms. The van der Waals surface area contributed by atoms with Gasteiger partial charge in [-0.3, -0.25) is 9.59 Å². The standard InChI is InChI=1S/C38H41FN2O4/c1-3-4-5-6-10-17-36(42)41(2)26-31-25-30(22-23-33(31)39)28-20-18-27(19-21-28)24-35(38(44)45)40-34-16-12-11-15-32(34)37(43)29-13-8-7-9-14-29/h7-9,11-16,18-23,25,35,40H,3-6,10,17,24,26H2,1-2H3,(H,44,45)/t35-/m0/s1. The highest BCUT2D eigenvalue weighted by Gasteiger charge is 2.21. The lowest BCUT2D eigenvalue weighted by atomic mass is 9.98. The molecule has 0 heterocycles. The lowest BCUT2D eigenvalue weighted by Crippen LogP contribution is -2.32. The quantitative estimate of drug-likeness (QED) is 0.0990. The molecule has 4 aromatic carbocycles. The molecule has 2 N–H and O–H groups in total. The molecule has 0 bridgehead atoms. The Bertz CT molecular complexity index is 1590. The third-order valence-corrected chi connectivity index (χ3v) is 7.94. The van der Waals surface area contributed by atoms with E-state index in [1.165, 1.54) is 12.5 Å². The molecule has 7 heteroatoms. The number of ketones is 1. The van der Waals surface area contributed by atoms with Gasteiger partial charge in [0.1, 0.15) is 11.9 Å². The topological polar surface area (TPSA) is 86.7 Å². The van der Waals surface area contributed by atoms with Crippen molar-refractivity contribution >= 4 is 23.3 Å². The first-order chi connectivity index (χ1) is 21.8. The van der Waals surface area contributed by atoms with Gasteiger partial charge in [0.2, 0.25) is 5.91 Å². The first-order valence-electron chi connectivity index (χ1n) is 15.6. The highest BCUT2D eigenvalue weighted by atomic mass is 19.1. The summed E-state index contributed by atoms with van der Waals surface area (Å²) < 4.78 is 14.7. The van der Waals surface area contributed by atoms with Crippen molar-refractivity contribution < 1.29 is 23.9 Å². The highest BCUT2D eigenvalue weighted by molar-refractivity contribution is 6.12. The number of rotatable bonds is 16. The summed E-state index contributed by atoms with van der Waals surface area (Å²) in [6.45, 7) is 2.34. The number of amides is 1. The zero-order valence-corrected chi connectivity index (χ0v) is 26.0. The lowest BCUT2D eigenvalue weighted by molar-refractivity contribution is -0.138. The van der Waals surface area contributed by atoms with Gasteiger partial charge in [0, 0.05) is 48.8 Å². The maximum absolute atomic E-state index is 14.7. The van der Waals surface area contributed by atoms with Gasteiger partial charge in [-0.25, -0.2) is 9.18 Å². The Balaban J connectivity index is 1.42. The summed E-state index contributed by atoms with van der Waals surface area (Å²) in [7, 11) is 1.71. The predicted molar refractivity (Wildman–Crippen MR) is 177 cm³/mol. The summed E-state index contributed by atoms with van der Waals surface area (Å²) >= 11 is 0. The van der Waals surface area contributed by atoms with Gasteiger partial charge >= 0.3 is 5.97 Å². The van der Waals surface area contributed by atoms with Crippen molar-refractivity contribution in [1.29, 1.82) is 0 Å². The predicted octanol–water partition coefficient (Wildman–Crippen LogP) is 8.15. The molecule has 4 rings (SSSR count). The van der Waals surface area contributed by atoms with Gasteiger partial charge in [-0.15, -0.1) is 0 Å². The summed E-state index contributed by atoms with van der Waals surface area (Å²) in [4.78, 5) is 39.5. The average Bonchev–Trinajstić information content (AvgIpc) is 3.06. The third-order valence-electron chi connectivity index (χ3n) is 7.94. The number of aliphatic carboxylic acids is 1. The molecule has 0 aliphatic heterocycles. The molecular formula is C38H41FN2O4. The van der Waals surface area contributed by atoms with E-state index in [0.717, 1.165) is 42.4 Å². The Morgan fingerprint density at radius 2 is 1.49 bits per heavy atom. The van der Waals surface area contributed by atoms with Crippen molar-refractivity contribution in [3.63, 3.8) is 0 Å². The molecule has 45 heavy (non-hydrogen) atoms. The largest absolute Gasteiger partial charge is 0.480 e. The van der Waals surface area contributed by atoms with Gasteiger partial charge in [-0.2, -0.15) is 0 Å². The van der Waals surface area contributed by atoms with Crippen LogP contribution in [-0.2, 0) is 22.6 Å². The summed E-state index contributed by atoms with van der Waals surface area (Å²) in [5, 5.41) is 13.1. The van der Waals surface area contributed by atoms with E-state index in [4.69, 9.17) is 0 Å². The normalized spacial score (nSPS) is 11.5. The molecule has 4 aromatic rings. The van der Waals surface area contributed by atoms with Crippen LogP contribution in [-0.4, -0.2) is 40.8 Å². The maximum Gasteiger partial charge on any atom is 0.326 e. The molecular weight excluding hydrogens is 567 g/mol. The van der Waals surface area contributed by atoms with E-state index in [9.17, 15) is 23.9 Å². The summed E-state index contributed by atoms with van der Waals surface area (Å²) in [6, 6.07) is 27.1. The van der Waals surface area contributed by atoms with Crippen molar-refractivity contribution in [2.75, 3.05) is 12.4 Å². The van der Waals surface area contributed by atoms with Crippen LogP contribution < -0.4 is 5.32 Å². The number of hydrogen-bond donors (Lipinski definition) is 2. The molecule has 1 atom stereocenters. The molecule has 234 valence electrons. The zero-order chi connectivity index (χ0) is 32.2. The molecule has 0 saturated heterocycles. The Labute approximate surface area is 264 Å². The third kappa shape index (κ3) is 9.35. The second-order valence-electron chi connectivity index (χ2n) is 11.4. The molecule has 0 aliphatic rings. The fraction of sp³-hybridized carbons (Fsp3) is 0.289. The van der Waals surface area contributed by atoms with Crippen molar-refractivity contribution in [2.45, 2.75) is 64.5 Å². The summed E-state index contributed by atoms with van der Waals surface area (Å²) in [5.74, 6) is -1.58. The van der Waals surface area contributed by atoms with Crippen LogP contribution in [0.2, 0.25) is 0 Å². The summed E-state index contributed by atoms with van der Waals surface area (Å²) in [5.41, 5.74) is 4.26. The fourth-order valence-electron chi connectivity index (χ4n) is 5.30. The minimum Gasteiger partial charge on any atom is -0.480 e. The molecule has 0 saturated carbocycles. The van der Waals surface area contributed by atoms with Crippen LogP contribution in [0, 0.1) is 5.82 Å². The monoisotopic (exact) mass is 608 g/mol. The smallest absolute Gasteiger partial charge is 0.326 e. The van der Waals surface area contributed by atoms with Crippen LogP contribution in [0.3, 0.4) is 0 Å². The van der Waals surface area contributed by atoms with Crippen LogP contribution in [0.1, 0.15) is 72.5 Å². The number of unbranched alkanes of at least 4 members (excludes halogenated alkanes) is 4. The van der Waals surface area contributed by atoms with Gasteiger partial charge in [-0.1, -0.05) is 105 Å². The molecule has 1 amide bonds. The van der Waals surface area contributed by atoms with E-state index in [1.54, 1.807) is 72.6 Å². The Hall–Kier alpha value is -4.78. The van der Waals surface area contributed by atoms with Gasteiger partial charge in [0.25, 0.3) is 0 Å². The Kier molecular flexibility index (Phi) is 12.0. The van der Waals surface area contributed by atoms with Crippen LogP contribution in [0.25, 0.3) is 11.1 Å². The van der Waals surface area contributed by atoms with Gasteiger partial charge in [-0.05, 0) is 47.4 Å². The number of benzene rings is 4. The second kappa shape index (κ2) is 16.3. The molecule has 0 radical (unpaired) electrons. The van der Waals surface area contributed by atoms with Gasteiger partial charge < -0.3 is 15.3 Å². The van der Waals surface area contributed by atoms with Crippen molar-refractivity contribution in [2.24, 2.45) is 0 Å². The van der Waals surface area contributed by atoms with Crippen LogP contribution in [0.5, 0.6) is 0 Å². The minimum absolute atomic E-state index is 0.00861. The number of nitrogens with zero attached hydrogens (tertiary/aromatic N) is 1. The number of anilines is 1. The van der Waals surface area contributed by atoms with E-state index < -0.39 is 12.0 Å². The minimum atomic E-state index is -1.04. The lowest BCUT2D eigenvalue weighted by Gasteiger charge is -2.19. The zero-order valence-electron chi connectivity index (χ0n) is 26.0.